The fourth-order valence-electron chi connectivity index (χ4n) is 2.30. The van der Waals surface area contributed by atoms with E-state index in [1.54, 1.807) is 19.2 Å². The molecule has 0 radical (unpaired) electrons. The second-order valence-electron chi connectivity index (χ2n) is 4.84. The number of hydrazine groups is 1. The van der Waals surface area contributed by atoms with Crippen LogP contribution in [0.1, 0.15) is 5.56 Å². The maximum absolute atomic E-state index is 10.7. The lowest BCUT2D eigenvalue weighted by atomic mass is 10.1. The van der Waals surface area contributed by atoms with Crippen LogP contribution in [0, 0.1) is 10.1 Å². The number of anilines is 1. The van der Waals surface area contributed by atoms with Crippen LogP contribution in [0.5, 0.6) is 5.75 Å². The van der Waals surface area contributed by atoms with E-state index in [2.05, 4.69) is 5.43 Å². The van der Waals surface area contributed by atoms with Crippen molar-refractivity contribution in [3.05, 3.63) is 70.3 Å². The molecule has 22 heavy (non-hydrogen) atoms. The van der Waals surface area contributed by atoms with Crippen LogP contribution in [0.3, 0.4) is 0 Å². The monoisotopic (exact) mass is 297 g/mol. The van der Waals surface area contributed by atoms with E-state index >= 15 is 0 Å². The summed E-state index contributed by atoms with van der Waals surface area (Å²) in [5.41, 5.74) is 6.26. The van der Waals surface area contributed by atoms with Gasteiger partial charge in [0.25, 0.3) is 5.69 Å². The third kappa shape index (κ3) is 2.71. The molecular formula is C16H15N3O3. The summed E-state index contributed by atoms with van der Waals surface area (Å²) in [4.78, 5) is 10.3. The predicted molar refractivity (Wildman–Crippen MR) is 84.5 cm³/mol. The van der Waals surface area contributed by atoms with Crippen molar-refractivity contribution in [1.29, 1.82) is 0 Å². The van der Waals surface area contributed by atoms with Crippen LogP contribution in [0.4, 0.5) is 11.4 Å². The van der Waals surface area contributed by atoms with Crippen molar-refractivity contribution in [1.82, 2.24) is 5.43 Å². The van der Waals surface area contributed by atoms with Gasteiger partial charge < -0.3 is 4.74 Å². The average molecular weight is 297 g/mol. The lowest BCUT2D eigenvalue weighted by molar-refractivity contribution is -0.384. The lowest BCUT2D eigenvalue weighted by Crippen LogP contribution is -2.31. The van der Waals surface area contributed by atoms with Gasteiger partial charge in [-0.2, -0.15) is 0 Å². The first-order valence-corrected chi connectivity index (χ1v) is 6.80. The van der Waals surface area contributed by atoms with Gasteiger partial charge >= 0.3 is 0 Å². The summed E-state index contributed by atoms with van der Waals surface area (Å²) >= 11 is 0. The zero-order valence-corrected chi connectivity index (χ0v) is 12.0. The Morgan fingerprint density at radius 1 is 1.14 bits per heavy atom. The number of nitro groups is 1. The van der Waals surface area contributed by atoms with Crippen molar-refractivity contribution in [3.63, 3.8) is 0 Å². The summed E-state index contributed by atoms with van der Waals surface area (Å²) in [5, 5.41) is 12.7. The number of nitrogens with one attached hydrogen (secondary N) is 1. The smallest absolute Gasteiger partial charge is 0.269 e. The van der Waals surface area contributed by atoms with Crippen LogP contribution < -0.4 is 15.2 Å². The zero-order valence-electron chi connectivity index (χ0n) is 12.0. The highest BCUT2D eigenvalue weighted by atomic mass is 16.6. The minimum atomic E-state index is -0.399. The molecule has 1 aliphatic heterocycles. The van der Waals surface area contributed by atoms with Gasteiger partial charge in [-0.3, -0.25) is 20.5 Å². The number of benzene rings is 2. The van der Waals surface area contributed by atoms with Gasteiger partial charge in [0.1, 0.15) is 5.75 Å². The predicted octanol–water partition coefficient (Wildman–Crippen LogP) is 2.97. The van der Waals surface area contributed by atoms with Crippen LogP contribution >= 0.6 is 0 Å². The fourth-order valence-corrected chi connectivity index (χ4v) is 2.30. The molecule has 0 saturated carbocycles. The van der Waals surface area contributed by atoms with Gasteiger partial charge in [-0.15, -0.1) is 0 Å². The van der Waals surface area contributed by atoms with Crippen molar-refractivity contribution < 1.29 is 9.66 Å². The number of hydrogen-bond donors (Lipinski definition) is 1. The molecule has 0 amide bonds. The van der Waals surface area contributed by atoms with Crippen molar-refractivity contribution in [2.75, 3.05) is 18.7 Å². The van der Waals surface area contributed by atoms with Gasteiger partial charge in [-0.05, 0) is 48.0 Å². The number of ether oxygens (including phenoxy) is 1. The first-order chi connectivity index (χ1) is 10.7. The molecule has 0 atom stereocenters. The Morgan fingerprint density at radius 2 is 1.82 bits per heavy atom. The summed E-state index contributed by atoms with van der Waals surface area (Å²) in [6.07, 6.45) is 2.05. The largest absolute Gasteiger partial charge is 0.497 e. The van der Waals surface area contributed by atoms with Gasteiger partial charge in [0.05, 0.1) is 30.0 Å². The third-order valence-corrected chi connectivity index (χ3v) is 3.51. The number of rotatable bonds is 4. The Kier molecular flexibility index (Phi) is 3.65. The molecule has 6 nitrogen and oxygen atoms in total. The second-order valence-corrected chi connectivity index (χ2v) is 4.84. The van der Waals surface area contributed by atoms with Crippen LogP contribution in [0.25, 0.3) is 5.70 Å². The van der Waals surface area contributed by atoms with E-state index in [1.807, 2.05) is 35.4 Å². The molecule has 112 valence electrons. The van der Waals surface area contributed by atoms with Gasteiger partial charge in [-0.1, -0.05) is 0 Å². The second kappa shape index (κ2) is 5.77. The lowest BCUT2D eigenvalue weighted by Gasteiger charge is -2.20. The summed E-state index contributed by atoms with van der Waals surface area (Å²) in [6, 6.07) is 14.3. The molecule has 3 rings (SSSR count). The summed E-state index contributed by atoms with van der Waals surface area (Å²) in [5.74, 6) is 0.812. The standard InChI is InChI=1S/C16H15N3O3/c1-22-15-8-6-13(7-9-15)18-11-10-16(17-18)12-2-4-14(5-3-12)19(20)21/h2-10,17H,11H2,1H3. The Balaban J connectivity index is 1.71. The molecule has 1 aliphatic rings. The molecule has 0 bridgehead atoms. The molecule has 1 N–H and O–H groups in total. The molecule has 2 aromatic rings. The Hall–Kier alpha value is -3.02. The van der Waals surface area contributed by atoms with Crippen LogP contribution in [-0.2, 0) is 0 Å². The number of nitro benzene ring substituents is 1. The topological polar surface area (TPSA) is 67.6 Å². The van der Waals surface area contributed by atoms with Crippen LogP contribution in [0.15, 0.2) is 54.6 Å². The van der Waals surface area contributed by atoms with Gasteiger partial charge in [0.15, 0.2) is 0 Å². The molecule has 6 heteroatoms. The summed E-state index contributed by atoms with van der Waals surface area (Å²) in [7, 11) is 1.64. The van der Waals surface area contributed by atoms with Crippen molar-refractivity contribution in [3.8, 4) is 5.75 Å². The molecular weight excluding hydrogens is 282 g/mol. The maximum atomic E-state index is 10.7. The number of methoxy groups -OCH3 is 1. The first kappa shape index (κ1) is 13.9. The molecule has 0 aliphatic carbocycles. The van der Waals surface area contributed by atoms with Crippen molar-refractivity contribution in [2.45, 2.75) is 0 Å². The number of nitrogens with zero attached hydrogens (tertiary/aromatic N) is 2. The molecule has 0 fully saturated rings. The summed E-state index contributed by atoms with van der Waals surface area (Å²) in [6.45, 7) is 0.721. The quantitative estimate of drug-likeness (QED) is 0.694. The van der Waals surface area contributed by atoms with E-state index < -0.39 is 4.92 Å². The Bertz CT molecular complexity index is 708. The van der Waals surface area contributed by atoms with Crippen molar-refractivity contribution in [2.24, 2.45) is 0 Å². The van der Waals surface area contributed by atoms with E-state index in [-0.39, 0.29) is 5.69 Å². The highest BCUT2D eigenvalue weighted by Crippen LogP contribution is 2.24. The van der Waals surface area contributed by atoms with Gasteiger partial charge in [0.2, 0.25) is 0 Å². The average Bonchev–Trinajstić information content (AvgIpc) is 3.05. The van der Waals surface area contributed by atoms with Crippen LogP contribution in [-0.4, -0.2) is 18.6 Å². The zero-order chi connectivity index (χ0) is 15.5. The van der Waals surface area contributed by atoms with Crippen LogP contribution in [0.2, 0.25) is 0 Å². The number of hydrogen-bond acceptors (Lipinski definition) is 5. The van der Waals surface area contributed by atoms with E-state index in [0.717, 1.165) is 29.2 Å². The van der Waals surface area contributed by atoms with E-state index in [9.17, 15) is 10.1 Å². The Morgan fingerprint density at radius 3 is 2.41 bits per heavy atom. The summed E-state index contributed by atoms with van der Waals surface area (Å²) < 4.78 is 5.15. The highest BCUT2D eigenvalue weighted by molar-refractivity contribution is 5.70. The molecule has 0 aromatic heterocycles. The minimum Gasteiger partial charge on any atom is -0.497 e. The third-order valence-electron chi connectivity index (χ3n) is 3.51. The van der Waals surface area contributed by atoms with Crippen molar-refractivity contribution >= 4 is 17.1 Å². The molecule has 0 spiro atoms. The minimum absolute atomic E-state index is 0.0920. The fraction of sp³-hybridized carbons (Fsp3) is 0.125. The van der Waals surface area contributed by atoms with Gasteiger partial charge in [0, 0.05) is 12.1 Å². The molecule has 1 heterocycles. The normalized spacial score (nSPS) is 13.5. The van der Waals surface area contributed by atoms with Gasteiger partial charge in [-0.25, -0.2) is 0 Å². The highest BCUT2D eigenvalue weighted by Gasteiger charge is 2.16. The van der Waals surface area contributed by atoms with E-state index in [4.69, 9.17) is 4.74 Å². The SMILES string of the molecule is COc1ccc(N2CC=C(c3ccc([N+](=O)[O-])cc3)N2)cc1. The van der Waals surface area contributed by atoms with E-state index in [1.165, 1.54) is 12.1 Å². The Labute approximate surface area is 127 Å². The molecule has 0 unspecified atom stereocenters. The maximum Gasteiger partial charge on any atom is 0.269 e. The molecule has 2 aromatic carbocycles. The first-order valence-electron chi connectivity index (χ1n) is 6.80. The van der Waals surface area contributed by atoms with E-state index in [0.29, 0.717) is 0 Å². The number of non-ortho nitro benzene ring substituents is 1. The molecule has 0 saturated heterocycles.